The molecule has 0 N–H and O–H groups in total. The third-order valence-corrected chi connectivity index (χ3v) is 7.13. The second kappa shape index (κ2) is 7.32. The van der Waals surface area contributed by atoms with Crippen LogP contribution in [0.4, 0.5) is 0 Å². The molecular weight excluding hydrogens is 308 g/mol. The summed E-state index contributed by atoms with van der Waals surface area (Å²) in [5, 5.41) is 0. The number of piperazine rings is 1. The lowest BCUT2D eigenvalue weighted by Gasteiger charge is -2.41. The number of rotatable bonds is 4. The third-order valence-electron chi connectivity index (χ3n) is 5.28. The molecule has 1 aliphatic heterocycles. The minimum Gasteiger partial charge on any atom is -0.298 e. The van der Waals surface area contributed by atoms with Gasteiger partial charge in [-0.15, -0.1) is 0 Å². The van der Waals surface area contributed by atoms with Crippen molar-refractivity contribution in [1.29, 1.82) is 0 Å². The summed E-state index contributed by atoms with van der Waals surface area (Å²) < 4.78 is 26.9. The van der Waals surface area contributed by atoms with Crippen molar-refractivity contribution in [3.63, 3.8) is 0 Å². The molecule has 0 radical (unpaired) electrons. The summed E-state index contributed by atoms with van der Waals surface area (Å²) in [6.45, 7) is 5.38. The lowest BCUT2D eigenvalue weighted by molar-refractivity contribution is 0.0966. The van der Waals surface area contributed by atoms with Gasteiger partial charge in [-0.2, -0.15) is 4.31 Å². The summed E-state index contributed by atoms with van der Waals surface area (Å²) in [7, 11) is -3.19. The summed E-state index contributed by atoms with van der Waals surface area (Å²) >= 11 is 0. The van der Waals surface area contributed by atoms with Gasteiger partial charge in [0.1, 0.15) is 0 Å². The van der Waals surface area contributed by atoms with Gasteiger partial charge in [-0.25, -0.2) is 8.42 Å². The Morgan fingerprint density at radius 3 is 2.39 bits per heavy atom. The van der Waals surface area contributed by atoms with E-state index in [0.717, 1.165) is 24.6 Å². The lowest BCUT2D eigenvalue weighted by Crippen LogP contribution is -2.52. The highest BCUT2D eigenvalue weighted by Gasteiger charge is 2.31. The zero-order chi connectivity index (χ0) is 16.3. The van der Waals surface area contributed by atoms with E-state index in [1.54, 1.807) is 4.31 Å². The van der Waals surface area contributed by atoms with E-state index in [4.69, 9.17) is 0 Å². The standard InChI is InChI=1S/C18H28N2O2S/c1-16-6-5-9-18(14-16)19-10-12-20(13-11-19)23(21,22)15-17-7-3-2-4-8-17/h2-4,7-8,16,18H,5-6,9-15H2,1H3/t16-,18+/m1/s1. The molecule has 0 spiro atoms. The average Bonchev–Trinajstić information content (AvgIpc) is 2.55. The second-order valence-electron chi connectivity index (χ2n) is 7.10. The molecule has 4 nitrogen and oxygen atoms in total. The van der Waals surface area contributed by atoms with Crippen molar-refractivity contribution in [2.75, 3.05) is 26.2 Å². The van der Waals surface area contributed by atoms with Crippen molar-refractivity contribution in [3.8, 4) is 0 Å². The molecule has 1 saturated heterocycles. The van der Waals surface area contributed by atoms with E-state index < -0.39 is 10.0 Å². The number of hydrogen-bond acceptors (Lipinski definition) is 3. The number of nitrogens with zero attached hydrogens (tertiary/aromatic N) is 2. The van der Waals surface area contributed by atoms with Crippen LogP contribution in [0, 0.1) is 5.92 Å². The quantitative estimate of drug-likeness (QED) is 0.849. The van der Waals surface area contributed by atoms with E-state index in [1.165, 1.54) is 25.7 Å². The number of sulfonamides is 1. The van der Waals surface area contributed by atoms with E-state index in [-0.39, 0.29) is 5.75 Å². The van der Waals surface area contributed by atoms with Crippen molar-refractivity contribution in [2.24, 2.45) is 5.92 Å². The Morgan fingerprint density at radius 2 is 1.74 bits per heavy atom. The first-order chi connectivity index (χ1) is 11.0. The van der Waals surface area contributed by atoms with Crippen LogP contribution in [0.1, 0.15) is 38.2 Å². The number of benzene rings is 1. The first kappa shape index (κ1) is 16.9. The second-order valence-corrected chi connectivity index (χ2v) is 9.07. The topological polar surface area (TPSA) is 40.6 Å². The molecule has 2 atom stereocenters. The average molecular weight is 337 g/mol. The molecule has 2 fully saturated rings. The third kappa shape index (κ3) is 4.34. The Labute approximate surface area is 140 Å². The van der Waals surface area contributed by atoms with Crippen molar-refractivity contribution >= 4 is 10.0 Å². The number of hydrogen-bond donors (Lipinski definition) is 0. The van der Waals surface area contributed by atoms with Crippen LogP contribution in [0.25, 0.3) is 0 Å². The Kier molecular flexibility index (Phi) is 5.39. The minimum absolute atomic E-state index is 0.119. The predicted molar refractivity (Wildman–Crippen MR) is 93.6 cm³/mol. The van der Waals surface area contributed by atoms with Crippen LogP contribution in [0.15, 0.2) is 30.3 Å². The van der Waals surface area contributed by atoms with Gasteiger partial charge < -0.3 is 0 Å². The Bertz CT molecular complexity index is 595. The maximum Gasteiger partial charge on any atom is 0.218 e. The fraction of sp³-hybridized carbons (Fsp3) is 0.667. The molecule has 1 saturated carbocycles. The van der Waals surface area contributed by atoms with E-state index in [0.29, 0.717) is 19.1 Å². The molecule has 0 unspecified atom stereocenters. The smallest absolute Gasteiger partial charge is 0.218 e. The van der Waals surface area contributed by atoms with Gasteiger partial charge in [0.15, 0.2) is 0 Å². The molecule has 5 heteroatoms. The van der Waals surface area contributed by atoms with Gasteiger partial charge in [0.05, 0.1) is 5.75 Å². The fourth-order valence-electron chi connectivity index (χ4n) is 3.96. The van der Waals surface area contributed by atoms with Gasteiger partial charge in [0, 0.05) is 32.2 Å². The molecule has 0 aromatic heterocycles. The maximum absolute atomic E-state index is 12.6. The van der Waals surface area contributed by atoms with Crippen LogP contribution in [-0.2, 0) is 15.8 Å². The molecule has 128 valence electrons. The van der Waals surface area contributed by atoms with Crippen LogP contribution in [0.3, 0.4) is 0 Å². The van der Waals surface area contributed by atoms with E-state index >= 15 is 0 Å². The Hall–Kier alpha value is -0.910. The zero-order valence-corrected chi connectivity index (χ0v) is 14.8. The van der Waals surface area contributed by atoms with Gasteiger partial charge in [0.25, 0.3) is 0 Å². The van der Waals surface area contributed by atoms with Gasteiger partial charge in [-0.05, 0) is 24.3 Å². The van der Waals surface area contributed by atoms with Gasteiger partial charge in [-0.3, -0.25) is 4.90 Å². The first-order valence-electron chi connectivity index (χ1n) is 8.80. The lowest BCUT2D eigenvalue weighted by atomic mass is 9.86. The molecule has 0 bridgehead atoms. The monoisotopic (exact) mass is 336 g/mol. The van der Waals surface area contributed by atoms with Crippen molar-refractivity contribution in [1.82, 2.24) is 9.21 Å². The first-order valence-corrected chi connectivity index (χ1v) is 10.4. The summed E-state index contributed by atoms with van der Waals surface area (Å²) in [5.41, 5.74) is 0.871. The van der Waals surface area contributed by atoms with Gasteiger partial charge in [-0.1, -0.05) is 50.1 Å². The molecule has 1 heterocycles. The van der Waals surface area contributed by atoms with Crippen molar-refractivity contribution in [2.45, 2.75) is 44.4 Å². The highest BCUT2D eigenvalue weighted by Crippen LogP contribution is 2.28. The Morgan fingerprint density at radius 1 is 1.04 bits per heavy atom. The molecule has 1 aromatic rings. The van der Waals surface area contributed by atoms with Crippen molar-refractivity contribution in [3.05, 3.63) is 35.9 Å². The molecule has 2 aliphatic rings. The Balaban J connectivity index is 1.55. The summed E-state index contributed by atoms with van der Waals surface area (Å²) in [6, 6.07) is 10.1. The molecule has 1 aromatic carbocycles. The van der Waals surface area contributed by atoms with Crippen LogP contribution in [0.5, 0.6) is 0 Å². The SMILES string of the molecule is C[C@@H]1CCC[C@H](N2CCN(S(=O)(=O)Cc3ccccc3)CC2)C1. The summed E-state index contributed by atoms with van der Waals surface area (Å²) in [5.74, 6) is 0.933. The molecule has 23 heavy (non-hydrogen) atoms. The minimum atomic E-state index is -3.19. The van der Waals surface area contributed by atoms with Gasteiger partial charge in [0.2, 0.25) is 10.0 Å². The van der Waals surface area contributed by atoms with E-state index in [1.807, 2.05) is 30.3 Å². The van der Waals surface area contributed by atoms with E-state index in [9.17, 15) is 8.42 Å². The largest absolute Gasteiger partial charge is 0.298 e. The van der Waals surface area contributed by atoms with E-state index in [2.05, 4.69) is 11.8 Å². The fourth-order valence-corrected chi connectivity index (χ4v) is 5.47. The molecule has 3 rings (SSSR count). The maximum atomic E-state index is 12.6. The molecule has 0 amide bonds. The van der Waals surface area contributed by atoms with Crippen LogP contribution < -0.4 is 0 Å². The van der Waals surface area contributed by atoms with Crippen LogP contribution in [-0.4, -0.2) is 49.8 Å². The zero-order valence-electron chi connectivity index (χ0n) is 14.0. The highest BCUT2D eigenvalue weighted by atomic mass is 32.2. The summed E-state index contributed by atoms with van der Waals surface area (Å²) in [6.07, 6.45) is 5.22. The van der Waals surface area contributed by atoms with Crippen LogP contribution >= 0.6 is 0 Å². The highest BCUT2D eigenvalue weighted by molar-refractivity contribution is 7.88. The van der Waals surface area contributed by atoms with Gasteiger partial charge >= 0.3 is 0 Å². The molecular formula is C18H28N2O2S. The van der Waals surface area contributed by atoms with Crippen molar-refractivity contribution < 1.29 is 8.42 Å². The normalized spacial score (nSPS) is 27.9. The molecule has 1 aliphatic carbocycles. The summed E-state index contributed by atoms with van der Waals surface area (Å²) in [4.78, 5) is 2.52. The predicted octanol–water partition coefficient (Wildman–Crippen LogP) is 2.71. The van der Waals surface area contributed by atoms with Crippen LogP contribution in [0.2, 0.25) is 0 Å².